The van der Waals surface area contributed by atoms with Crippen LogP contribution in [0.15, 0.2) is 24.8 Å². The molecule has 0 aliphatic carbocycles. The van der Waals surface area contributed by atoms with Gasteiger partial charge in [0.2, 0.25) is 5.88 Å². The van der Waals surface area contributed by atoms with Gasteiger partial charge in [0, 0.05) is 12.1 Å². The van der Waals surface area contributed by atoms with Gasteiger partial charge in [0.25, 0.3) is 0 Å². The van der Waals surface area contributed by atoms with Crippen molar-refractivity contribution < 1.29 is 4.74 Å². The molecule has 0 atom stereocenters. The SMILES string of the molecule is CC(C)n1cc(Oc2cc(N)ncn2)cn1. The Bertz CT molecular complexity index is 480. The van der Waals surface area contributed by atoms with Crippen molar-refractivity contribution in [2.24, 2.45) is 0 Å². The summed E-state index contributed by atoms with van der Waals surface area (Å²) < 4.78 is 7.28. The number of rotatable bonds is 3. The van der Waals surface area contributed by atoms with Gasteiger partial charge < -0.3 is 10.5 Å². The largest absolute Gasteiger partial charge is 0.436 e. The molecule has 0 saturated heterocycles. The molecule has 6 heteroatoms. The topological polar surface area (TPSA) is 78.9 Å². The Morgan fingerprint density at radius 3 is 2.81 bits per heavy atom. The molecule has 0 radical (unpaired) electrons. The zero-order chi connectivity index (χ0) is 11.5. The molecule has 2 aromatic rings. The van der Waals surface area contributed by atoms with E-state index in [1.54, 1.807) is 16.9 Å². The number of nitrogen functional groups attached to an aromatic ring is 1. The summed E-state index contributed by atoms with van der Waals surface area (Å²) in [7, 11) is 0. The van der Waals surface area contributed by atoms with Crippen molar-refractivity contribution in [3.8, 4) is 11.6 Å². The van der Waals surface area contributed by atoms with Crippen molar-refractivity contribution in [3.05, 3.63) is 24.8 Å². The Labute approximate surface area is 93.1 Å². The van der Waals surface area contributed by atoms with E-state index in [9.17, 15) is 0 Å². The lowest BCUT2D eigenvalue weighted by atomic mass is 10.4. The lowest BCUT2D eigenvalue weighted by molar-refractivity contribution is 0.458. The van der Waals surface area contributed by atoms with E-state index < -0.39 is 0 Å². The standard InChI is InChI=1S/C10H13N5O/c1-7(2)15-5-8(4-14-15)16-10-3-9(11)12-6-13-10/h3-7H,1-2H3,(H2,11,12,13). The maximum absolute atomic E-state index is 5.51. The van der Waals surface area contributed by atoms with Gasteiger partial charge in [0.1, 0.15) is 12.1 Å². The first kappa shape index (κ1) is 10.4. The number of hydrogen-bond donors (Lipinski definition) is 1. The van der Waals surface area contributed by atoms with Crippen LogP contribution < -0.4 is 10.5 Å². The molecule has 2 rings (SSSR count). The van der Waals surface area contributed by atoms with Crippen LogP contribution in [0.4, 0.5) is 5.82 Å². The first-order chi connectivity index (χ1) is 7.65. The summed E-state index contributed by atoms with van der Waals surface area (Å²) in [6.45, 7) is 4.08. The minimum absolute atomic E-state index is 0.299. The van der Waals surface area contributed by atoms with E-state index in [2.05, 4.69) is 15.1 Å². The first-order valence-electron chi connectivity index (χ1n) is 4.94. The fourth-order valence-electron chi connectivity index (χ4n) is 1.19. The molecular formula is C10H13N5O. The van der Waals surface area contributed by atoms with E-state index >= 15 is 0 Å². The second-order valence-corrected chi connectivity index (χ2v) is 3.63. The van der Waals surface area contributed by atoms with Gasteiger partial charge in [-0.05, 0) is 13.8 Å². The summed E-state index contributed by atoms with van der Waals surface area (Å²) >= 11 is 0. The fourth-order valence-corrected chi connectivity index (χ4v) is 1.19. The minimum atomic E-state index is 0.299. The highest BCUT2D eigenvalue weighted by Gasteiger charge is 2.04. The summed E-state index contributed by atoms with van der Waals surface area (Å²) in [6, 6.07) is 1.86. The Hall–Kier alpha value is -2.11. The van der Waals surface area contributed by atoms with E-state index in [4.69, 9.17) is 10.5 Å². The van der Waals surface area contributed by atoms with Crippen LogP contribution >= 0.6 is 0 Å². The van der Waals surface area contributed by atoms with Crippen molar-refractivity contribution in [1.82, 2.24) is 19.7 Å². The highest BCUT2D eigenvalue weighted by atomic mass is 16.5. The van der Waals surface area contributed by atoms with Gasteiger partial charge in [0.05, 0.1) is 12.4 Å². The van der Waals surface area contributed by atoms with Crippen molar-refractivity contribution >= 4 is 5.82 Å². The second-order valence-electron chi connectivity index (χ2n) is 3.63. The van der Waals surface area contributed by atoms with Gasteiger partial charge in [-0.15, -0.1) is 0 Å². The fraction of sp³-hybridized carbons (Fsp3) is 0.300. The zero-order valence-corrected chi connectivity index (χ0v) is 9.16. The van der Waals surface area contributed by atoms with Crippen molar-refractivity contribution in [3.63, 3.8) is 0 Å². The molecule has 2 heterocycles. The van der Waals surface area contributed by atoms with E-state index in [0.29, 0.717) is 23.5 Å². The van der Waals surface area contributed by atoms with E-state index in [0.717, 1.165) is 0 Å². The maximum Gasteiger partial charge on any atom is 0.224 e. The van der Waals surface area contributed by atoms with Crippen molar-refractivity contribution in [2.75, 3.05) is 5.73 Å². The smallest absolute Gasteiger partial charge is 0.224 e. The van der Waals surface area contributed by atoms with Crippen LogP contribution in [0, 0.1) is 0 Å². The highest BCUT2D eigenvalue weighted by molar-refractivity contribution is 5.33. The average molecular weight is 219 g/mol. The van der Waals surface area contributed by atoms with Crippen LogP contribution in [0.2, 0.25) is 0 Å². The summed E-state index contributed by atoms with van der Waals surface area (Å²) in [5.41, 5.74) is 5.51. The summed E-state index contributed by atoms with van der Waals surface area (Å²) in [5.74, 6) is 1.42. The lowest BCUT2D eigenvalue weighted by Crippen LogP contribution is -1.99. The van der Waals surface area contributed by atoms with Gasteiger partial charge in [-0.2, -0.15) is 5.10 Å². The molecule has 0 aromatic carbocycles. The van der Waals surface area contributed by atoms with Crippen LogP contribution in [0.1, 0.15) is 19.9 Å². The predicted octanol–water partition coefficient (Wildman–Crippen LogP) is 1.63. The van der Waals surface area contributed by atoms with Crippen LogP contribution in [0.3, 0.4) is 0 Å². The third-order valence-corrected chi connectivity index (χ3v) is 1.99. The Morgan fingerprint density at radius 2 is 2.19 bits per heavy atom. The molecule has 0 bridgehead atoms. The molecule has 6 nitrogen and oxygen atoms in total. The summed E-state index contributed by atoms with van der Waals surface area (Å²) in [5, 5.41) is 4.15. The first-order valence-corrected chi connectivity index (χ1v) is 4.94. The molecule has 0 spiro atoms. The molecule has 0 aliphatic rings. The Balaban J connectivity index is 2.14. The van der Waals surface area contributed by atoms with Crippen molar-refractivity contribution in [1.29, 1.82) is 0 Å². The molecule has 0 unspecified atom stereocenters. The van der Waals surface area contributed by atoms with E-state index in [1.807, 2.05) is 20.0 Å². The van der Waals surface area contributed by atoms with Gasteiger partial charge in [0.15, 0.2) is 5.75 Å². The number of anilines is 1. The van der Waals surface area contributed by atoms with Gasteiger partial charge in [-0.25, -0.2) is 9.97 Å². The van der Waals surface area contributed by atoms with Crippen LogP contribution in [-0.2, 0) is 0 Å². The summed E-state index contributed by atoms with van der Waals surface area (Å²) in [6.07, 6.45) is 4.80. The Morgan fingerprint density at radius 1 is 1.38 bits per heavy atom. The maximum atomic E-state index is 5.51. The zero-order valence-electron chi connectivity index (χ0n) is 9.16. The molecule has 0 aliphatic heterocycles. The molecule has 0 fully saturated rings. The molecule has 2 aromatic heterocycles. The van der Waals surface area contributed by atoms with E-state index in [1.165, 1.54) is 6.33 Å². The number of nitrogens with two attached hydrogens (primary N) is 1. The molecule has 0 saturated carbocycles. The van der Waals surface area contributed by atoms with Crippen LogP contribution in [0.5, 0.6) is 11.6 Å². The second kappa shape index (κ2) is 4.18. The minimum Gasteiger partial charge on any atom is -0.436 e. The van der Waals surface area contributed by atoms with Gasteiger partial charge in [-0.1, -0.05) is 0 Å². The third kappa shape index (κ3) is 2.28. The van der Waals surface area contributed by atoms with Crippen LogP contribution in [-0.4, -0.2) is 19.7 Å². The Kier molecular flexibility index (Phi) is 2.72. The van der Waals surface area contributed by atoms with Crippen molar-refractivity contribution in [2.45, 2.75) is 19.9 Å². The monoisotopic (exact) mass is 219 g/mol. The molecule has 16 heavy (non-hydrogen) atoms. The normalized spacial score (nSPS) is 10.7. The quantitative estimate of drug-likeness (QED) is 0.848. The number of nitrogens with zero attached hydrogens (tertiary/aromatic N) is 4. The molecule has 2 N–H and O–H groups in total. The number of hydrogen-bond acceptors (Lipinski definition) is 5. The van der Waals surface area contributed by atoms with Gasteiger partial charge >= 0.3 is 0 Å². The number of ether oxygens (including phenoxy) is 1. The number of aromatic nitrogens is 4. The highest BCUT2D eigenvalue weighted by Crippen LogP contribution is 2.20. The van der Waals surface area contributed by atoms with E-state index in [-0.39, 0.29) is 0 Å². The third-order valence-electron chi connectivity index (χ3n) is 1.99. The molecular weight excluding hydrogens is 206 g/mol. The predicted molar refractivity (Wildman–Crippen MR) is 59.1 cm³/mol. The molecule has 0 amide bonds. The summed E-state index contributed by atoms with van der Waals surface area (Å²) in [4.78, 5) is 7.72. The van der Waals surface area contributed by atoms with Crippen LogP contribution in [0.25, 0.3) is 0 Å². The van der Waals surface area contributed by atoms with Gasteiger partial charge in [-0.3, -0.25) is 4.68 Å². The molecule has 84 valence electrons. The lowest BCUT2D eigenvalue weighted by Gasteiger charge is -2.03. The average Bonchev–Trinajstić information content (AvgIpc) is 2.66.